The van der Waals surface area contributed by atoms with Crippen LogP contribution in [-0.4, -0.2) is 41.3 Å². The molecule has 0 aliphatic carbocycles. The molecule has 2 unspecified atom stereocenters. The summed E-state index contributed by atoms with van der Waals surface area (Å²) >= 11 is 5.77. The van der Waals surface area contributed by atoms with Gasteiger partial charge in [-0.05, 0) is 26.8 Å². The van der Waals surface area contributed by atoms with Crippen LogP contribution in [-0.2, 0) is 25.1 Å². The quantitative estimate of drug-likeness (QED) is 0.781. The van der Waals surface area contributed by atoms with Gasteiger partial charge < -0.3 is 14.8 Å². The van der Waals surface area contributed by atoms with Gasteiger partial charge in [0, 0.05) is 6.26 Å². The number of hydrogen-bond donors (Lipinski definition) is 1. The van der Waals surface area contributed by atoms with E-state index in [1.807, 2.05) is 0 Å². The first kappa shape index (κ1) is 18.9. The number of esters is 1. The van der Waals surface area contributed by atoms with Gasteiger partial charge in [-0.3, -0.25) is 9.00 Å². The predicted octanol–water partition coefficient (Wildman–Crippen LogP) is 1.90. The Bertz CT molecular complexity index is 417. The first-order chi connectivity index (χ1) is 9.05. The van der Waals surface area contributed by atoms with Gasteiger partial charge in [0.2, 0.25) is 0 Å². The van der Waals surface area contributed by atoms with Crippen molar-refractivity contribution in [3.63, 3.8) is 0 Å². The molecule has 0 aromatic heterocycles. The number of halogens is 1. The highest BCUT2D eigenvalue weighted by atomic mass is 35.5. The minimum Gasteiger partial charge on any atom is -0.469 e. The van der Waals surface area contributed by atoms with Crippen LogP contribution in [0.15, 0.2) is 10.4 Å². The Hall–Kier alpha value is -1.08. The number of amides is 1. The number of hydrogen-bond acceptors (Lipinski definition) is 5. The summed E-state index contributed by atoms with van der Waals surface area (Å²) in [5.41, 5.74) is -0.666. The van der Waals surface area contributed by atoms with Gasteiger partial charge in [0.1, 0.15) is 9.97 Å². The number of alkyl carbamates (subject to hydrolysis) is 1. The molecule has 0 spiro atoms. The Labute approximate surface area is 126 Å². The van der Waals surface area contributed by atoms with Crippen molar-refractivity contribution in [2.24, 2.45) is 0 Å². The third-order valence-corrected chi connectivity index (χ3v) is 3.39. The molecule has 0 saturated heterocycles. The Morgan fingerprint density at radius 3 is 2.35 bits per heavy atom. The molecule has 116 valence electrons. The summed E-state index contributed by atoms with van der Waals surface area (Å²) < 4.78 is 20.8. The first-order valence-electron chi connectivity index (χ1n) is 5.82. The number of methoxy groups -OCH3 is 1. The number of carbonyl (C=O) groups is 2. The second-order valence-corrected chi connectivity index (χ2v) is 6.94. The lowest BCUT2D eigenvalue weighted by atomic mass is 10.2. The van der Waals surface area contributed by atoms with Gasteiger partial charge in [0.25, 0.3) is 0 Å². The minimum atomic E-state index is -1.40. The molecule has 1 N–H and O–H groups in total. The molecule has 0 saturated carbocycles. The zero-order chi connectivity index (χ0) is 15.9. The van der Waals surface area contributed by atoms with Crippen molar-refractivity contribution in [1.82, 2.24) is 5.32 Å². The SMILES string of the molecule is COC(=O)CC(/C=C(\Cl)S(C)=O)NC(=O)OC(C)(C)C. The highest BCUT2D eigenvalue weighted by Gasteiger charge is 2.21. The standard InChI is InChI=1S/C12H20ClNO5S/c1-12(2,3)19-11(16)14-8(7-10(15)18-4)6-9(13)20(5)17/h6,8H,7H2,1-5H3,(H,14,16)/b9-6+. The Morgan fingerprint density at radius 2 is 1.95 bits per heavy atom. The third kappa shape index (κ3) is 8.92. The lowest BCUT2D eigenvalue weighted by Gasteiger charge is -2.22. The molecule has 0 aliphatic rings. The summed E-state index contributed by atoms with van der Waals surface area (Å²) in [7, 11) is -0.167. The number of nitrogens with one attached hydrogen (secondary N) is 1. The van der Waals surface area contributed by atoms with Crippen molar-refractivity contribution >= 4 is 34.5 Å². The number of ether oxygens (including phenoxy) is 2. The van der Waals surface area contributed by atoms with Gasteiger partial charge in [-0.1, -0.05) is 11.6 Å². The number of carbonyl (C=O) groups excluding carboxylic acids is 2. The van der Waals surface area contributed by atoms with Crippen LogP contribution in [0.4, 0.5) is 4.79 Å². The second-order valence-electron chi connectivity index (χ2n) is 4.96. The maximum absolute atomic E-state index is 11.7. The largest absolute Gasteiger partial charge is 0.469 e. The predicted molar refractivity (Wildman–Crippen MR) is 77.8 cm³/mol. The van der Waals surface area contributed by atoms with E-state index in [1.165, 1.54) is 19.4 Å². The normalized spacial score (nSPS) is 15.2. The van der Waals surface area contributed by atoms with Crippen molar-refractivity contribution in [1.29, 1.82) is 0 Å². The number of rotatable bonds is 5. The zero-order valence-corrected chi connectivity index (χ0v) is 13.8. The molecule has 0 aromatic rings. The van der Waals surface area contributed by atoms with Crippen molar-refractivity contribution < 1.29 is 23.3 Å². The van der Waals surface area contributed by atoms with Crippen LogP contribution in [0.5, 0.6) is 0 Å². The van der Waals surface area contributed by atoms with Crippen LogP contribution >= 0.6 is 11.6 Å². The fraction of sp³-hybridized carbons (Fsp3) is 0.667. The lowest BCUT2D eigenvalue weighted by molar-refractivity contribution is -0.140. The van der Waals surface area contributed by atoms with Crippen molar-refractivity contribution in [3.05, 3.63) is 10.4 Å². The molecule has 1 amide bonds. The zero-order valence-electron chi connectivity index (χ0n) is 12.2. The Balaban J connectivity index is 4.86. The molecule has 20 heavy (non-hydrogen) atoms. The van der Waals surface area contributed by atoms with Crippen LogP contribution in [0.1, 0.15) is 27.2 Å². The van der Waals surface area contributed by atoms with Crippen molar-refractivity contribution in [3.8, 4) is 0 Å². The van der Waals surface area contributed by atoms with E-state index in [2.05, 4.69) is 10.1 Å². The van der Waals surface area contributed by atoms with E-state index in [-0.39, 0.29) is 10.8 Å². The van der Waals surface area contributed by atoms with Crippen LogP contribution in [0.2, 0.25) is 0 Å². The average molecular weight is 326 g/mol. The van der Waals surface area contributed by atoms with E-state index in [0.717, 1.165) is 0 Å². The van der Waals surface area contributed by atoms with Gasteiger partial charge in [-0.2, -0.15) is 0 Å². The Kier molecular flexibility index (Phi) is 7.82. The molecule has 0 fully saturated rings. The van der Waals surface area contributed by atoms with E-state index >= 15 is 0 Å². The minimum absolute atomic E-state index is 0.0370. The van der Waals surface area contributed by atoms with Crippen molar-refractivity contribution in [2.75, 3.05) is 13.4 Å². The van der Waals surface area contributed by atoms with E-state index in [9.17, 15) is 13.8 Å². The van der Waals surface area contributed by atoms with E-state index in [4.69, 9.17) is 16.3 Å². The molecule has 6 nitrogen and oxygen atoms in total. The van der Waals surface area contributed by atoms with Gasteiger partial charge in [-0.15, -0.1) is 0 Å². The summed E-state index contributed by atoms with van der Waals surface area (Å²) in [6.45, 7) is 5.14. The summed E-state index contributed by atoms with van der Waals surface area (Å²) in [4.78, 5) is 22.9. The monoisotopic (exact) mass is 325 g/mol. The van der Waals surface area contributed by atoms with Crippen LogP contribution in [0, 0.1) is 0 Å². The Morgan fingerprint density at radius 1 is 1.40 bits per heavy atom. The van der Waals surface area contributed by atoms with Crippen LogP contribution in [0.25, 0.3) is 0 Å². The van der Waals surface area contributed by atoms with Crippen molar-refractivity contribution in [2.45, 2.75) is 38.8 Å². The van der Waals surface area contributed by atoms with Crippen LogP contribution < -0.4 is 5.32 Å². The molecule has 8 heteroatoms. The van der Waals surface area contributed by atoms with Gasteiger partial charge >= 0.3 is 12.1 Å². The van der Waals surface area contributed by atoms with Gasteiger partial charge in [0.15, 0.2) is 0 Å². The summed E-state index contributed by atoms with van der Waals surface area (Å²) in [5, 5.41) is 2.47. The molecule has 0 aliphatic heterocycles. The first-order valence-corrected chi connectivity index (χ1v) is 7.76. The van der Waals surface area contributed by atoms with E-state index in [0.29, 0.717) is 0 Å². The maximum Gasteiger partial charge on any atom is 0.408 e. The molecule has 0 radical (unpaired) electrons. The smallest absolute Gasteiger partial charge is 0.408 e. The van der Waals surface area contributed by atoms with Gasteiger partial charge in [0.05, 0.1) is 30.4 Å². The van der Waals surface area contributed by atoms with E-state index in [1.54, 1.807) is 20.8 Å². The van der Waals surface area contributed by atoms with E-state index < -0.39 is 34.5 Å². The second kappa shape index (κ2) is 8.26. The third-order valence-electron chi connectivity index (χ3n) is 1.92. The molecule has 0 bridgehead atoms. The molecular weight excluding hydrogens is 306 g/mol. The molecule has 2 atom stereocenters. The molecule has 0 rings (SSSR count). The van der Waals surface area contributed by atoms with Crippen LogP contribution in [0.3, 0.4) is 0 Å². The highest BCUT2D eigenvalue weighted by Crippen LogP contribution is 2.11. The topological polar surface area (TPSA) is 81.7 Å². The maximum atomic E-state index is 11.7. The average Bonchev–Trinajstić information content (AvgIpc) is 2.25. The lowest BCUT2D eigenvalue weighted by Crippen LogP contribution is -2.39. The molecule has 0 heterocycles. The highest BCUT2D eigenvalue weighted by molar-refractivity contribution is 7.90. The fourth-order valence-electron chi connectivity index (χ4n) is 1.13. The summed E-state index contributed by atoms with van der Waals surface area (Å²) in [6, 6.07) is -0.756. The summed E-state index contributed by atoms with van der Waals surface area (Å²) in [6.07, 6.45) is 1.89. The molecule has 0 aromatic carbocycles. The molecular formula is C12H20ClNO5S. The fourth-order valence-corrected chi connectivity index (χ4v) is 1.64. The summed E-state index contributed by atoms with van der Waals surface area (Å²) in [5.74, 6) is -0.534. The van der Waals surface area contributed by atoms with Gasteiger partial charge in [-0.25, -0.2) is 4.79 Å².